The van der Waals surface area contributed by atoms with Crippen molar-refractivity contribution in [3.05, 3.63) is 12.2 Å². The molecule has 0 saturated carbocycles. The van der Waals surface area contributed by atoms with Gasteiger partial charge in [0.2, 0.25) is 0 Å². The van der Waals surface area contributed by atoms with E-state index in [1.165, 1.54) is 6.92 Å². The summed E-state index contributed by atoms with van der Waals surface area (Å²) in [5.74, 6) is -0.139. The van der Waals surface area contributed by atoms with Gasteiger partial charge in [0, 0.05) is 0 Å². The van der Waals surface area contributed by atoms with Crippen LogP contribution >= 0.6 is 0 Å². The Kier molecular flexibility index (Phi) is 4.23. The molecule has 0 rings (SSSR count). The predicted octanol–water partition coefficient (Wildman–Crippen LogP) is 1.09. The molecular formula is C8H10NOV-. The molecule has 0 fully saturated rings. The van der Waals surface area contributed by atoms with Crippen LogP contribution in [0, 0.1) is 6.58 Å². The Morgan fingerprint density at radius 3 is 2.09 bits per heavy atom. The zero-order valence-electron chi connectivity index (χ0n) is 6.88. The van der Waals surface area contributed by atoms with E-state index in [0.717, 1.165) is 4.35 Å². The molecule has 0 aromatic rings. The summed E-state index contributed by atoms with van der Waals surface area (Å²) in [6.45, 7) is 10.4. The molecule has 11 heavy (non-hydrogen) atoms. The van der Waals surface area contributed by atoms with Crippen LogP contribution in [0.2, 0.25) is 0 Å². The number of hydrogen-bond donors (Lipinski definition) is 0. The van der Waals surface area contributed by atoms with E-state index < -0.39 is 0 Å². The van der Waals surface area contributed by atoms with Crippen molar-refractivity contribution in [1.82, 2.24) is 0 Å². The normalized spacial score (nSPS) is 10.9. The molecule has 0 N–H and O–H groups in total. The molecule has 0 aliphatic heterocycles. The van der Waals surface area contributed by atoms with E-state index in [-0.39, 0.29) is 11.4 Å². The quantitative estimate of drug-likeness (QED) is 0.369. The van der Waals surface area contributed by atoms with Gasteiger partial charge in [-0.3, -0.25) is 0 Å². The molecule has 0 atom stereocenters. The number of carbonyl (C=O) groups excluding carboxylic acids is 1. The summed E-state index contributed by atoms with van der Waals surface area (Å²) in [5, 5.41) is 0. The Hall–Kier alpha value is -0.466. The third-order valence-corrected chi connectivity index (χ3v) is 1.25. The minimum absolute atomic E-state index is 0.139. The molecule has 59 valence electrons. The molecule has 0 heterocycles. The van der Waals surface area contributed by atoms with Crippen molar-refractivity contribution in [3.63, 3.8) is 0 Å². The molecule has 0 amide bonds. The molecule has 0 aromatic heterocycles. The number of Topliss-reactive ketones (excluding diaryl/α,β-unsaturated/α-hetero) is 1. The zero-order chi connectivity index (χ0) is 9.02. The second-order valence-corrected chi connectivity index (χ2v) is 3.22. The van der Waals surface area contributed by atoms with Crippen LogP contribution in [0.5, 0.6) is 0 Å². The van der Waals surface area contributed by atoms with Crippen molar-refractivity contribution < 1.29 is 21.8 Å². The van der Waals surface area contributed by atoms with Crippen molar-refractivity contribution in [2.45, 2.75) is 20.8 Å². The van der Waals surface area contributed by atoms with E-state index in [0.29, 0.717) is 5.71 Å². The van der Waals surface area contributed by atoms with Gasteiger partial charge in [0.25, 0.3) is 0 Å². The number of carbonyl (C=O) groups is 1. The second kappa shape index (κ2) is 4.42. The number of nitrogens with zero attached hydrogens (tertiary/aromatic N) is 1. The zero-order valence-corrected chi connectivity index (χ0v) is 8.28. The van der Waals surface area contributed by atoms with Gasteiger partial charge in [-0.15, -0.1) is 0 Å². The standard InChI is InChI=1S/C8H10NO.V/c1-5-9-7(3)6(2)8(4)10;/h2H,1,3-4H3;/q-1;. The van der Waals surface area contributed by atoms with Crippen LogP contribution in [0.15, 0.2) is 10.6 Å². The fourth-order valence-corrected chi connectivity index (χ4v) is 0.792. The number of allylic oxidation sites excluding steroid dienone is 1. The minimum atomic E-state index is -0.139. The van der Waals surface area contributed by atoms with Crippen molar-refractivity contribution in [1.29, 1.82) is 0 Å². The Bertz CT molecular complexity index is 240. The molecule has 0 aromatic carbocycles. The molecule has 3 heteroatoms. The molecule has 0 bridgehead atoms. The van der Waals surface area contributed by atoms with Crippen molar-refractivity contribution in [3.8, 4) is 0 Å². The van der Waals surface area contributed by atoms with Crippen LogP contribution in [0.1, 0.15) is 20.8 Å². The van der Waals surface area contributed by atoms with E-state index in [1.54, 1.807) is 6.92 Å². The summed E-state index contributed by atoms with van der Waals surface area (Å²) >= 11 is 2.29. The van der Waals surface area contributed by atoms with Gasteiger partial charge >= 0.3 is 75.5 Å². The number of hydrogen-bond acceptors (Lipinski definition) is 2. The summed E-state index contributed by atoms with van der Waals surface area (Å²) < 4.78 is 0.833. The molecular weight excluding hydrogens is 177 g/mol. The monoisotopic (exact) mass is 187 g/mol. The van der Waals surface area contributed by atoms with Gasteiger partial charge in [-0.05, 0) is 0 Å². The third kappa shape index (κ3) is 4.07. The van der Waals surface area contributed by atoms with Gasteiger partial charge in [0.15, 0.2) is 0 Å². The molecule has 2 nitrogen and oxygen atoms in total. The van der Waals surface area contributed by atoms with Gasteiger partial charge in [-0.25, -0.2) is 0 Å². The maximum absolute atomic E-state index is 10.7. The van der Waals surface area contributed by atoms with Crippen LogP contribution in [0.4, 0.5) is 0 Å². The third-order valence-electron chi connectivity index (χ3n) is 1.10. The maximum atomic E-state index is 10.7. The van der Waals surface area contributed by atoms with Gasteiger partial charge in [0.05, 0.1) is 0 Å². The van der Waals surface area contributed by atoms with E-state index in [9.17, 15) is 4.79 Å². The number of rotatable bonds is 3. The summed E-state index contributed by atoms with van der Waals surface area (Å²) in [5.41, 5.74) is 0.811. The van der Waals surface area contributed by atoms with Crippen LogP contribution in [-0.4, -0.2) is 15.8 Å². The van der Waals surface area contributed by atoms with Gasteiger partial charge in [-0.2, -0.15) is 0 Å². The Morgan fingerprint density at radius 1 is 1.36 bits per heavy atom. The molecule has 0 aliphatic carbocycles. The van der Waals surface area contributed by atoms with Gasteiger partial charge in [0.1, 0.15) is 0 Å². The second-order valence-electron chi connectivity index (χ2n) is 2.21. The van der Waals surface area contributed by atoms with E-state index in [4.69, 9.17) is 6.58 Å². The number of ketones is 1. The SMILES string of the molecule is [CH-]=C(C(C)=O)C(C)=N[C](C)=[V]. The van der Waals surface area contributed by atoms with Crippen LogP contribution in [0.3, 0.4) is 0 Å². The first-order chi connectivity index (χ1) is 4.95. The first-order valence-corrected chi connectivity index (χ1v) is 3.86. The summed E-state index contributed by atoms with van der Waals surface area (Å²) in [6.07, 6.45) is 0. The van der Waals surface area contributed by atoms with Crippen LogP contribution in [-0.2, 0) is 21.8 Å². The first kappa shape index (κ1) is 10.5. The molecule has 0 radical (unpaired) electrons. The van der Waals surface area contributed by atoms with E-state index >= 15 is 0 Å². The summed E-state index contributed by atoms with van der Waals surface area (Å²) in [4.78, 5) is 14.7. The average molecular weight is 187 g/mol. The Labute approximate surface area is 75.9 Å². The van der Waals surface area contributed by atoms with Crippen molar-refractivity contribution >= 4 is 15.8 Å². The fraction of sp³-hybridized carbons (Fsp3) is 0.375. The van der Waals surface area contributed by atoms with Crippen LogP contribution < -0.4 is 0 Å². The molecule has 0 aliphatic rings. The van der Waals surface area contributed by atoms with E-state index in [1.807, 2.05) is 6.92 Å². The first-order valence-electron chi connectivity index (χ1n) is 3.16. The fourth-order valence-electron chi connectivity index (χ4n) is 0.558. The van der Waals surface area contributed by atoms with Crippen molar-refractivity contribution in [2.75, 3.05) is 0 Å². The van der Waals surface area contributed by atoms with E-state index in [2.05, 4.69) is 22.0 Å². The Morgan fingerprint density at radius 2 is 1.82 bits per heavy atom. The van der Waals surface area contributed by atoms with Gasteiger partial charge in [-0.1, -0.05) is 0 Å². The molecule has 0 unspecified atom stereocenters. The van der Waals surface area contributed by atoms with Gasteiger partial charge < -0.3 is 0 Å². The number of aliphatic imine (C=N–C) groups is 1. The Balaban J connectivity index is 4.49. The predicted molar refractivity (Wildman–Crippen MR) is 42.3 cm³/mol. The molecule has 0 saturated heterocycles. The summed E-state index contributed by atoms with van der Waals surface area (Å²) in [7, 11) is 0. The topological polar surface area (TPSA) is 29.4 Å². The molecule has 0 spiro atoms. The summed E-state index contributed by atoms with van der Waals surface area (Å²) in [6, 6.07) is 0. The van der Waals surface area contributed by atoms with Crippen LogP contribution in [0.25, 0.3) is 0 Å². The average Bonchev–Trinajstić information content (AvgIpc) is 1.84. The van der Waals surface area contributed by atoms with Crippen molar-refractivity contribution in [2.24, 2.45) is 4.99 Å².